The number of nitrogen functional groups attached to an aromatic ring is 1. The second kappa shape index (κ2) is 5.71. The first-order valence-corrected chi connectivity index (χ1v) is 5.11. The molecule has 2 aromatic rings. The van der Waals surface area contributed by atoms with Crippen molar-refractivity contribution in [3.63, 3.8) is 0 Å². The summed E-state index contributed by atoms with van der Waals surface area (Å²) in [4.78, 5) is 10.8. The van der Waals surface area contributed by atoms with Crippen LogP contribution in [0.25, 0.3) is 11.1 Å². The van der Waals surface area contributed by atoms with Crippen LogP contribution in [0.1, 0.15) is 10.4 Å². The van der Waals surface area contributed by atoms with E-state index in [1.807, 2.05) is 0 Å². The van der Waals surface area contributed by atoms with Crippen molar-refractivity contribution in [3.8, 4) is 16.9 Å². The lowest BCUT2D eigenvalue weighted by Crippen LogP contribution is -1.96. The van der Waals surface area contributed by atoms with Gasteiger partial charge in [0, 0.05) is 11.6 Å². The number of nitrogens with two attached hydrogens (primary N) is 1. The zero-order chi connectivity index (χ0) is 13.3. The van der Waals surface area contributed by atoms with Gasteiger partial charge in [0.05, 0.1) is 11.3 Å². The largest absolute Gasteiger partial charge is 0.505 e. The van der Waals surface area contributed by atoms with Gasteiger partial charge in [-0.15, -0.1) is 17.0 Å². The van der Waals surface area contributed by atoms with E-state index in [2.05, 4.69) is 0 Å². The number of benzene rings is 2. The molecule has 0 fully saturated rings. The highest BCUT2D eigenvalue weighted by molar-refractivity contribution is 8.93. The molecule has 0 heterocycles. The van der Waals surface area contributed by atoms with Crippen molar-refractivity contribution in [2.45, 2.75) is 0 Å². The summed E-state index contributed by atoms with van der Waals surface area (Å²) < 4.78 is 13.2. The Morgan fingerprint density at radius 1 is 1.21 bits per heavy atom. The Kier molecular flexibility index (Phi) is 4.50. The van der Waals surface area contributed by atoms with Gasteiger partial charge in [0.2, 0.25) is 0 Å². The van der Waals surface area contributed by atoms with Gasteiger partial charge < -0.3 is 15.9 Å². The Balaban J connectivity index is 0.00000180. The van der Waals surface area contributed by atoms with Gasteiger partial charge in [-0.3, -0.25) is 0 Å². The zero-order valence-corrected chi connectivity index (χ0v) is 11.3. The molecule has 0 aromatic heterocycles. The number of aromatic carboxylic acids is 1. The minimum atomic E-state index is -1.10. The van der Waals surface area contributed by atoms with Crippen LogP contribution >= 0.6 is 17.0 Å². The Morgan fingerprint density at radius 2 is 1.89 bits per heavy atom. The molecule has 6 heteroatoms. The van der Waals surface area contributed by atoms with E-state index < -0.39 is 11.8 Å². The van der Waals surface area contributed by atoms with E-state index in [0.29, 0.717) is 5.56 Å². The van der Waals surface area contributed by atoms with Crippen molar-refractivity contribution in [2.75, 3.05) is 5.73 Å². The summed E-state index contributed by atoms with van der Waals surface area (Å²) in [5.41, 5.74) is 5.96. The molecule has 100 valence electrons. The first-order valence-electron chi connectivity index (χ1n) is 5.11. The molecule has 0 radical (unpaired) electrons. The summed E-state index contributed by atoms with van der Waals surface area (Å²) in [6.45, 7) is 0. The van der Waals surface area contributed by atoms with Crippen LogP contribution in [-0.2, 0) is 0 Å². The van der Waals surface area contributed by atoms with Crippen LogP contribution in [0.2, 0.25) is 0 Å². The van der Waals surface area contributed by atoms with Crippen LogP contribution in [0, 0.1) is 5.82 Å². The van der Waals surface area contributed by atoms with Crippen LogP contribution in [0.3, 0.4) is 0 Å². The van der Waals surface area contributed by atoms with Gasteiger partial charge in [-0.05, 0) is 23.8 Å². The molecule has 0 atom stereocenters. The third-order valence-corrected chi connectivity index (χ3v) is 2.52. The standard InChI is InChI=1S/C13H10FNO3.BrH/c14-9-5-10(12(16)11(15)6-9)7-2-1-3-8(4-7)13(17)18;/h1-6,16H,15H2,(H,17,18);1H. The van der Waals surface area contributed by atoms with Crippen LogP contribution < -0.4 is 5.73 Å². The summed E-state index contributed by atoms with van der Waals surface area (Å²) in [5, 5.41) is 18.6. The predicted octanol–water partition coefficient (Wildman–Crippen LogP) is 3.06. The second-order valence-electron chi connectivity index (χ2n) is 3.78. The summed E-state index contributed by atoms with van der Waals surface area (Å²) in [6, 6.07) is 7.94. The average molecular weight is 328 g/mol. The number of rotatable bonds is 2. The second-order valence-corrected chi connectivity index (χ2v) is 3.78. The van der Waals surface area contributed by atoms with Gasteiger partial charge in [-0.2, -0.15) is 0 Å². The van der Waals surface area contributed by atoms with E-state index in [1.165, 1.54) is 18.2 Å². The lowest BCUT2D eigenvalue weighted by Gasteiger charge is -2.08. The number of anilines is 1. The van der Waals surface area contributed by atoms with Crippen molar-refractivity contribution in [3.05, 3.63) is 47.8 Å². The van der Waals surface area contributed by atoms with Crippen LogP contribution in [0.15, 0.2) is 36.4 Å². The van der Waals surface area contributed by atoms with E-state index in [-0.39, 0.29) is 39.5 Å². The zero-order valence-electron chi connectivity index (χ0n) is 9.63. The molecule has 0 aliphatic carbocycles. The summed E-state index contributed by atoms with van der Waals surface area (Å²) in [7, 11) is 0. The smallest absolute Gasteiger partial charge is 0.335 e. The van der Waals surface area contributed by atoms with E-state index >= 15 is 0 Å². The molecule has 4 nitrogen and oxygen atoms in total. The van der Waals surface area contributed by atoms with Crippen LogP contribution in [0.4, 0.5) is 10.1 Å². The number of carboxylic acids is 1. The number of carbonyl (C=O) groups is 1. The SMILES string of the molecule is Br.Nc1cc(F)cc(-c2cccc(C(=O)O)c2)c1O. The molecule has 0 bridgehead atoms. The van der Waals surface area contributed by atoms with Crippen molar-refractivity contribution in [2.24, 2.45) is 0 Å². The molecule has 2 rings (SSSR count). The summed E-state index contributed by atoms with van der Waals surface area (Å²) in [6.07, 6.45) is 0. The normalized spacial score (nSPS) is 9.74. The molecule has 4 N–H and O–H groups in total. The third-order valence-electron chi connectivity index (χ3n) is 2.52. The fourth-order valence-electron chi connectivity index (χ4n) is 1.66. The minimum Gasteiger partial charge on any atom is -0.505 e. The Morgan fingerprint density at radius 3 is 2.53 bits per heavy atom. The molecule has 2 aromatic carbocycles. The molecule has 0 unspecified atom stereocenters. The highest BCUT2D eigenvalue weighted by atomic mass is 79.9. The quantitative estimate of drug-likeness (QED) is 0.584. The molecule has 0 aliphatic heterocycles. The maximum Gasteiger partial charge on any atom is 0.335 e. The van der Waals surface area contributed by atoms with Gasteiger partial charge in [-0.1, -0.05) is 12.1 Å². The number of phenolic OH excluding ortho intramolecular Hbond substituents is 1. The van der Waals surface area contributed by atoms with Crippen molar-refractivity contribution >= 4 is 28.6 Å². The fraction of sp³-hybridized carbons (Fsp3) is 0. The topological polar surface area (TPSA) is 83.6 Å². The van der Waals surface area contributed by atoms with Gasteiger partial charge in [0.15, 0.2) is 0 Å². The van der Waals surface area contributed by atoms with Crippen LogP contribution in [-0.4, -0.2) is 16.2 Å². The average Bonchev–Trinajstić information content (AvgIpc) is 2.34. The number of aromatic hydroxyl groups is 1. The van der Waals surface area contributed by atoms with Gasteiger partial charge in [-0.25, -0.2) is 9.18 Å². The third kappa shape index (κ3) is 3.03. The highest BCUT2D eigenvalue weighted by Crippen LogP contribution is 2.35. The first kappa shape index (κ1) is 15.0. The first-order chi connectivity index (χ1) is 8.49. The van der Waals surface area contributed by atoms with Crippen LogP contribution in [0.5, 0.6) is 5.75 Å². The Hall–Kier alpha value is -2.08. The predicted molar refractivity (Wildman–Crippen MR) is 75.2 cm³/mol. The lowest BCUT2D eigenvalue weighted by atomic mass is 10.0. The Labute approximate surface area is 119 Å². The molecule has 0 saturated heterocycles. The number of carboxylic acid groups (broad SMARTS) is 1. The molecule has 19 heavy (non-hydrogen) atoms. The van der Waals surface area contributed by atoms with Gasteiger partial charge >= 0.3 is 5.97 Å². The van der Waals surface area contributed by atoms with E-state index in [9.17, 15) is 14.3 Å². The monoisotopic (exact) mass is 327 g/mol. The van der Waals surface area contributed by atoms with Gasteiger partial charge in [0.1, 0.15) is 11.6 Å². The highest BCUT2D eigenvalue weighted by Gasteiger charge is 2.12. The number of phenols is 1. The van der Waals surface area contributed by atoms with E-state index in [1.54, 1.807) is 6.07 Å². The molecule has 0 spiro atoms. The molecule has 0 amide bonds. The van der Waals surface area contributed by atoms with Crippen molar-refractivity contribution < 1.29 is 19.4 Å². The number of hydrogen-bond donors (Lipinski definition) is 3. The number of halogens is 2. The molecular weight excluding hydrogens is 317 g/mol. The minimum absolute atomic E-state index is 0. The summed E-state index contributed by atoms with van der Waals surface area (Å²) in [5.74, 6) is -1.96. The van der Waals surface area contributed by atoms with Gasteiger partial charge in [0.25, 0.3) is 0 Å². The molecular formula is C13H11BrFNO3. The summed E-state index contributed by atoms with van der Waals surface area (Å²) >= 11 is 0. The lowest BCUT2D eigenvalue weighted by molar-refractivity contribution is 0.0697. The van der Waals surface area contributed by atoms with E-state index in [4.69, 9.17) is 10.8 Å². The number of hydrogen-bond acceptors (Lipinski definition) is 3. The molecule has 0 saturated carbocycles. The van der Waals surface area contributed by atoms with Crippen molar-refractivity contribution in [1.29, 1.82) is 0 Å². The molecule has 0 aliphatic rings. The Bertz CT molecular complexity index is 631. The van der Waals surface area contributed by atoms with Crippen molar-refractivity contribution in [1.82, 2.24) is 0 Å². The van der Waals surface area contributed by atoms with E-state index in [0.717, 1.165) is 12.1 Å². The fourth-order valence-corrected chi connectivity index (χ4v) is 1.66. The maximum atomic E-state index is 13.2. The maximum absolute atomic E-state index is 13.2.